The van der Waals surface area contributed by atoms with Crippen LogP contribution in [0.15, 0.2) is 163 Å². The van der Waals surface area contributed by atoms with Crippen LogP contribution in [0.25, 0.3) is 13.2 Å². The smallest absolute Gasteiger partial charge is 0 e. The fourth-order valence-electron chi connectivity index (χ4n) is 5.32. The minimum absolute atomic E-state index is 0. The van der Waals surface area contributed by atoms with E-state index in [1.807, 2.05) is 0 Å². The van der Waals surface area contributed by atoms with Crippen molar-refractivity contribution >= 4 is 63.4 Å². The molecule has 0 spiro atoms. The summed E-state index contributed by atoms with van der Waals surface area (Å²) in [6.07, 6.45) is 0. The topological polar surface area (TPSA) is 0 Å². The Kier molecular flexibility index (Phi) is 17.4. The third kappa shape index (κ3) is 11.6. The fourth-order valence-corrected chi connectivity index (χ4v) is 10.4. The maximum atomic E-state index is 4.02. The molecule has 0 saturated heterocycles. The minimum atomic E-state index is -0.528. The van der Waals surface area contributed by atoms with Crippen molar-refractivity contribution in [3.8, 4) is 0 Å². The molecule has 6 aromatic carbocycles. The average molecular weight is 796 g/mol. The molecule has 0 N–H and O–H groups in total. The van der Waals surface area contributed by atoms with Gasteiger partial charge in [0.1, 0.15) is 0 Å². The molecule has 0 aliphatic rings. The summed E-state index contributed by atoms with van der Waals surface area (Å²) < 4.78 is 0. The SMILES string of the molecule is C(=C/P(c1ccccc1)c1ccccc1)/P(c1ccccc1)c1ccccc1.C=c1c(C)c(C)c(C)c(C)c1=C.CP(C)c1ccccc1.[Ru]. The third-order valence-corrected chi connectivity index (χ3v) is 14.6. The molecule has 0 bridgehead atoms. The number of hydrogen-bond acceptors (Lipinski definition) is 0. The van der Waals surface area contributed by atoms with Crippen molar-refractivity contribution in [2.45, 2.75) is 27.7 Å². The molecule has 0 atom stereocenters. The normalized spacial score (nSPS) is 10.7. The molecule has 0 amide bonds. The van der Waals surface area contributed by atoms with E-state index in [1.54, 1.807) is 0 Å². The van der Waals surface area contributed by atoms with E-state index in [0.29, 0.717) is 0 Å². The standard InChI is InChI=1S/C26H22P2.C12H16.C8H11P.Ru/c1-5-13-23(14-6-1)27(24-15-7-2-8-16-24)21-22-28(25-17-9-3-10-18-25)26-19-11-4-12-20-26;1-7-8(2)10(4)12(6)11(5)9(7)3;1-9(2)8-6-4-3-5-7-8;/h1-22H;1-2H2,3-6H3;3-7H,1-2H3;/b22-21-;;;. The van der Waals surface area contributed by atoms with Crippen LogP contribution < -0.4 is 37.0 Å². The molecule has 0 unspecified atom stereocenters. The summed E-state index contributed by atoms with van der Waals surface area (Å²) in [6.45, 7) is 21.1. The van der Waals surface area contributed by atoms with Crippen molar-refractivity contribution in [2.24, 2.45) is 0 Å². The summed E-state index contributed by atoms with van der Waals surface area (Å²) in [5.41, 5.74) is 5.26. The van der Waals surface area contributed by atoms with Gasteiger partial charge in [-0.3, -0.25) is 0 Å². The molecule has 0 nitrogen and oxygen atoms in total. The molecular weight excluding hydrogens is 746 g/mol. The quantitative estimate of drug-likeness (QED) is 0.112. The Labute approximate surface area is 318 Å². The average Bonchev–Trinajstić information content (AvgIpc) is 3.16. The molecule has 0 fully saturated rings. The molecule has 256 valence electrons. The summed E-state index contributed by atoms with van der Waals surface area (Å²) in [5, 5.41) is 9.21. The van der Waals surface area contributed by atoms with Crippen molar-refractivity contribution in [1.29, 1.82) is 0 Å². The van der Waals surface area contributed by atoms with Gasteiger partial charge in [0.05, 0.1) is 0 Å². The van der Waals surface area contributed by atoms with Crippen LogP contribution in [-0.4, -0.2) is 13.3 Å². The van der Waals surface area contributed by atoms with Crippen molar-refractivity contribution < 1.29 is 19.5 Å². The first-order valence-electron chi connectivity index (χ1n) is 16.6. The first kappa shape index (κ1) is 41.1. The first-order chi connectivity index (χ1) is 23.7. The molecule has 0 saturated carbocycles. The van der Waals surface area contributed by atoms with Crippen LogP contribution in [0.3, 0.4) is 0 Å². The van der Waals surface area contributed by atoms with Gasteiger partial charge in [-0.25, -0.2) is 0 Å². The Bertz CT molecular complexity index is 1790. The monoisotopic (exact) mass is 796 g/mol. The van der Waals surface area contributed by atoms with Crippen LogP contribution in [0.2, 0.25) is 0 Å². The van der Waals surface area contributed by atoms with Crippen LogP contribution >= 0.6 is 23.8 Å². The maximum Gasteiger partial charge on any atom is 0 e. The predicted octanol–water partition coefficient (Wildman–Crippen LogP) is 9.52. The molecule has 0 heterocycles. The van der Waals surface area contributed by atoms with Gasteiger partial charge in [0.2, 0.25) is 0 Å². The largest absolute Gasteiger partial charge is 0.0909 e. The predicted molar refractivity (Wildman–Crippen MR) is 228 cm³/mol. The van der Waals surface area contributed by atoms with Gasteiger partial charge >= 0.3 is 0 Å². The molecular formula is C46H49P3Ru. The van der Waals surface area contributed by atoms with Crippen LogP contribution in [0, 0.1) is 27.7 Å². The van der Waals surface area contributed by atoms with Crippen molar-refractivity contribution in [1.82, 2.24) is 0 Å². The number of rotatable bonds is 7. The van der Waals surface area contributed by atoms with Crippen LogP contribution in [0.5, 0.6) is 0 Å². The van der Waals surface area contributed by atoms with Crippen molar-refractivity contribution in [2.75, 3.05) is 13.3 Å². The van der Waals surface area contributed by atoms with E-state index in [-0.39, 0.29) is 27.4 Å². The molecule has 6 aromatic rings. The molecule has 6 rings (SSSR count). The Hall–Kier alpha value is -3.29. The zero-order valence-electron chi connectivity index (χ0n) is 30.2. The number of benzene rings is 6. The van der Waals surface area contributed by atoms with E-state index in [4.69, 9.17) is 0 Å². The zero-order chi connectivity index (χ0) is 35.2. The summed E-state index contributed by atoms with van der Waals surface area (Å²) in [7, 11) is -0.953. The zero-order valence-corrected chi connectivity index (χ0v) is 34.6. The van der Waals surface area contributed by atoms with Gasteiger partial charge in [-0.05, 0) is 116 Å². The van der Waals surface area contributed by atoms with E-state index in [0.717, 1.165) is 10.4 Å². The fraction of sp³-hybridized carbons (Fsp3) is 0.130. The molecule has 0 aliphatic heterocycles. The minimum Gasteiger partial charge on any atom is -0.0909 e. The second-order valence-electron chi connectivity index (χ2n) is 12.1. The molecule has 4 heteroatoms. The van der Waals surface area contributed by atoms with E-state index in [2.05, 4.69) is 217 Å². The second-order valence-corrected chi connectivity index (χ2v) is 18.5. The van der Waals surface area contributed by atoms with Gasteiger partial charge in [0.15, 0.2) is 0 Å². The van der Waals surface area contributed by atoms with E-state index >= 15 is 0 Å². The van der Waals surface area contributed by atoms with Gasteiger partial charge in [-0.1, -0.05) is 184 Å². The summed E-state index contributed by atoms with van der Waals surface area (Å²) in [5.74, 6) is 4.90. The first-order valence-corrected chi connectivity index (χ1v) is 21.7. The number of hydrogen-bond donors (Lipinski definition) is 0. The van der Waals surface area contributed by atoms with Gasteiger partial charge in [0, 0.05) is 19.5 Å². The molecule has 0 aromatic heterocycles. The van der Waals surface area contributed by atoms with Gasteiger partial charge in [-0.15, -0.1) is 0 Å². The third-order valence-electron chi connectivity index (χ3n) is 8.73. The van der Waals surface area contributed by atoms with Crippen LogP contribution in [0.1, 0.15) is 22.3 Å². The Balaban J connectivity index is 0.000000253. The maximum absolute atomic E-state index is 4.02. The Morgan fingerprint density at radius 1 is 0.360 bits per heavy atom. The van der Waals surface area contributed by atoms with Crippen molar-refractivity contribution in [3.63, 3.8) is 0 Å². The summed E-state index contributed by atoms with van der Waals surface area (Å²) >= 11 is 0. The van der Waals surface area contributed by atoms with Gasteiger partial charge in [-0.2, -0.15) is 0 Å². The van der Waals surface area contributed by atoms with Gasteiger partial charge < -0.3 is 0 Å². The van der Waals surface area contributed by atoms with Crippen molar-refractivity contribution in [3.05, 3.63) is 196 Å². The van der Waals surface area contributed by atoms with E-state index < -0.39 is 15.8 Å². The van der Waals surface area contributed by atoms with Crippen LogP contribution in [0.4, 0.5) is 0 Å². The molecule has 0 radical (unpaired) electrons. The van der Waals surface area contributed by atoms with E-state index in [9.17, 15) is 0 Å². The molecule has 0 aliphatic carbocycles. The summed E-state index contributed by atoms with van der Waals surface area (Å²) in [6, 6.07) is 54.1. The van der Waals surface area contributed by atoms with Gasteiger partial charge in [0.25, 0.3) is 0 Å². The molecule has 50 heavy (non-hydrogen) atoms. The Morgan fingerprint density at radius 3 is 0.780 bits per heavy atom. The Morgan fingerprint density at radius 2 is 0.580 bits per heavy atom. The van der Waals surface area contributed by atoms with Crippen LogP contribution in [-0.2, 0) is 19.5 Å². The van der Waals surface area contributed by atoms with E-state index in [1.165, 1.54) is 48.8 Å². The second kappa shape index (κ2) is 21.2. The summed E-state index contributed by atoms with van der Waals surface area (Å²) in [4.78, 5) is 0.